The predicted molar refractivity (Wildman–Crippen MR) is 83.5 cm³/mol. The van der Waals surface area contributed by atoms with Crippen molar-refractivity contribution >= 4 is 11.6 Å². The number of hydrogen-bond acceptors (Lipinski definition) is 2. The molecular weight excluding hydrogens is 270 g/mol. The van der Waals surface area contributed by atoms with Gasteiger partial charge in [-0.25, -0.2) is 0 Å². The average Bonchev–Trinajstić information content (AvgIpc) is 2.84. The van der Waals surface area contributed by atoms with E-state index < -0.39 is 0 Å². The fourth-order valence-corrected chi connectivity index (χ4v) is 4.14. The number of hydrogen-bond donors (Lipinski definition) is 1. The molecule has 2 nitrogen and oxygen atoms in total. The van der Waals surface area contributed by atoms with Crippen LogP contribution in [0.3, 0.4) is 0 Å². The number of fused-ring (bicyclic) bond motifs is 1. The molecule has 1 heterocycles. The molecule has 2 N–H and O–H groups in total. The van der Waals surface area contributed by atoms with Crippen molar-refractivity contribution in [2.24, 2.45) is 17.6 Å². The lowest BCUT2D eigenvalue weighted by Crippen LogP contribution is -2.52. The molecular formula is C17H24ClNO. The van der Waals surface area contributed by atoms with Crippen molar-refractivity contribution in [3.05, 3.63) is 28.3 Å². The van der Waals surface area contributed by atoms with E-state index in [1.54, 1.807) is 0 Å². The summed E-state index contributed by atoms with van der Waals surface area (Å²) >= 11 is 6.26. The van der Waals surface area contributed by atoms with Gasteiger partial charge in [-0.3, -0.25) is 0 Å². The molecule has 3 unspecified atom stereocenters. The van der Waals surface area contributed by atoms with Gasteiger partial charge in [0.2, 0.25) is 0 Å². The standard InChI is InChI=1S/C17H24ClNO/c1-11-4-3-6-17(19,12(11)2)10-14-9-15(18)8-13-5-7-20-16(13)14/h8-9,11-12H,3-7,10,19H2,1-2H3. The molecule has 1 aliphatic carbocycles. The van der Waals surface area contributed by atoms with Gasteiger partial charge in [0.15, 0.2) is 0 Å². The van der Waals surface area contributed by atoms with E-state index in [-0.39, 0.29) is 5.54 Å². The summed E-state index contributed by atoms with van der Waals surface area (Å²) in [4.78, 5) is 0. The Morgan fingerprint density at radius 2 is 2.20 bits per heavy atom. The summed E-state index contributed by atoms with van der Waals surface area (Å²) in [5.41, 5.74) is 9.09. The highest BCUT2D eigenvalue weighted by atomic mass is 35.5. The van der Waals surface area contributed by atoms with E-state index in [4.69, 9.17) is 22.1 Å². The van der Waals surface area contributed by atoms with Gasteiger partial charge in [0.25, 0.3) is 0 Å². The van der Waals surface area contributed by atoms with E-state index in [1.165, 1.54) is 24.0 Å². The third-order valence-electron chi connectivity index (χ3n) is 5.41. The van der Waals surface area contributed by atoms with Crippen molar-refractivity contribution in [2.75, 3.05) is 6.61 Å². The number of benzene rings is 1. The molecule has 3 rings (SSSR count). The molecule has 3 atom stereocenters. The van der Waals surface area contributed by atoms with Gasteiger partial charge in [-0.1, -0.05) is 38.3 Å². The van der Waals surface area contributed by atoms with Gasteiger partial charge in [0.05, 0.1) is 6.61 Å². The van der Waals surface area contributed by atoms with Gasteiger partial charge in [-0.2, -0.15) is 0 Å². The van der Waals surface area contributed by atoms with Crippen LogP contribution in [0, 0.1) is 11.8 Å². The Hall–Kier alpha value is -0.730. The van der Waals surface area contributed by atoms with Gasteiger partial charge in [0, 0.05) is 17.0 Å². The largest absolute Gasteiger partial charge is 0.493 e. The second-order valence-electron chi connectivity index (χ2n) is 6.72. The molecule has 1 fully saturated rings. The summed E-state index contributed by atoms with van der Waals surface area (Å²) in [5.74, 6) is 2.28. The Balaban J connectivity index is 1.91. The lowest BCUT2D eigenvalue weighted by atomic mass is 9.66. The second kappa shape index (κ2) is 5.23. The summed E-state index contributed by atoms with van der Waals surface area (Å²) in [7, 11) is 0. The Kier molecular flexibility index (Phi) is 3.72. The zero-order valence-electron chi connectivity index (χ0n) is 12.4. The topological polar surface area (TPSA) is 35.2 Å². The van der Waals surface area contributed by atoms with E-state index in [0.717, 1.165) is 36.6 Å². The molecule has 1 saturated carbocycles. The molecule has 110 valence electrons. The zero-order valence-corrected chi connectivity index (χ0v) is 13.2. The summed E-state index contributed by atoms with van der Waals surface area (Å²) in [6.07, 6.45) is 5.46. The molecule has 2 aliphatic rings. The van der Waals surface area contributed by atoms with Crippen LogP contribution >= 0.6 is 11.6 Å². The number of rotatable bonds is 2. The summed E-state index contributed by atoms with van der Waals surface area (Å²) in [6, 6.07) is 4.08. The van der Waals surface area contributed by atoms with Crippen LogP contribution in [0.1, 0.15) is 44.2 Å². The fraction of sp³-hybridized carbons (Fsp3) is 0.647. The third kappa shape index (κ3) is 2.44. The van der Waals surface area contributed by atoms with Crippen molar-refractivity contribution in [2.45, 2.75) is 51.5 Å². The molecule has 0 amide bonds. The Bertz CT molecular complexity index is 516. The Morgan fingerprint density at radius 1 is 1.40 bits per heavy atom. The van der Waals surface area contributed by atoms with Gasteiger partial charge in [-0.05, 0) is 47.9 Å². The molecule has 20 heavy (non-hydrogen) atoms. The van der Waals surface area contributed by atoms with Crippen molar-refractivity contribution in [3.63, 3.8) is 0 Å². The third-order valence-corrected chi connectivity index (χ3v) is 5.63. The van der Waals surface area contributed by atoms with Crippen LogP contribution in [0.25, 0.3) is 0 Å². The Labute approximate surface area is 126 Å². The van der Waals surface area contributed by atoms with Gasteiger partial charge >= 0.3 is 0 Å². The second-order valence-corrected chi connectivity index (χ2v) is 7.16. The highest BCUT2D eigenvalue weighted by Crippen LogP contribution is 2.41. The number of halogens is 1. The minimum atomic E-state index is -0.123. The maximum absolute atomic E-state index is 6.77. The van der Waals surface area contributed by atoms with Crippen LogP contribution in [-0.2, 0) is 12.8 Å². The molecule has 0 spiro atoms. The first-order valence-corrected chi connectivity index (χ1v) is 8.10. The summed E-state index contributed by atoms with van der Waals surface area (Å²) in [5, 5.41) is 0.810. The molecule has 0 saturated heterocycles. The van der Waals surface area contributed by atoms with Crippen LogP contribution in [0.15, 0.2) is 12.1 Å². The first-order chi connectivity index (χ1) is 9.49. The van der Waals surface area contributed by atoms with Crippen LogP contribution in [-0.4, -0.2) is 12.1 Å². The zero-order chi connectivity index (χ0) is 14.3. The predicted octanol–water partition coefficient (Wildman–Crippen LogP) is 3.97. The van der Waals surface area contributed by atoms with E-state index in [0.29, 0.717) is 11.8 Å². The van der Waals surface area contributed by atoms with E-state index in [1.807, 2.05) is 12.1 Å². The molecule has 1 aromatic rings. The highest BCUT2D eigenvalue weighted by molar-refractivity contribution is 6.30. The maximum atomic E-state index is 6.77. The molecule has 0 bridgehead atoms. The van der Waals surface area contributed by atoms with E-state index >= 15 is 0 Å². The number of ether oxygens (including phenoxy) is 1. The van der Waals surface area contributed by atoms with Crippen molar-refractivity contribution < 1.29 is 4.74 Å². The van der Waals surface area contributed by atoms with Crippen molar-refractivity contribution in [3.8, 4) is 5.75 Å². The average molecular weight is 294 g/mol. The van der Waals surface area contributed by atoms with Gasteiger partial charge < -0.3 is 10.5 Å². The fourth-order valence-electron chi connectivity index (χ4n) is 3.88. The van der Waals surface area contributed by atoms with Crippen molar-refractivity contribution in [1.82, 2.24) is 0 Å². The highest BCUT2D eigenvalue weighted by Gasteiger charge is 2.39. The van der Waals surface area contributed by atoms with Crippen LogP contribution in [0.4, 0.5) is 0 Å². The minimum absolute atomic E-state index is 0.123. The molecule has 0 radical (unpaired) electrons. The summed E-state index contributed by atoms with van der Waals surface area (Å²) < 4.78 is 5.82. The first kappa shape index (κ1) is 14.2. The minimum Gasteiger partial charge on any atom is -0.493 e. The SMILES string of the molecule is CC1CCCC(N)(Cc2cc(Cl)cc3c2OCC3)C1C. The Morgan fingerprint density at radius 3 is 3.00 bits per heavy atom. The van der Waals surface area contributed by atoms with Crippen LogP contribution < -0.4 is 10.5 Å². The lowest BCUT2D eigenvalue weighted by Gasteiger charge is -2.43. The summed E-state index contributed by atoms with van der Waals surface area (Å²) in [6.45, 7) is 5.39. The van der Waals surface area contributed by atoms with Gasteiger partial charge in [0.1, 0.15) is 5.75 Å². The monoisotopic (exact) mass is 293 g/mol. The normalized spacial score (nSPS) is 32.8. The van der Waals surface area contributed by atoms with E-state index in [2.05, 4.69) is 13.8 Å². The van der Waals surface area contributed by atoms with Crippen molar-refractivity contribution in [1.29, 1.82) is 0 Å². The van der Waals surface area contributed by atoms with Crippen LogP contribution in [0.5, 0.6) is 5.75 Å². The molecule has 1 aliphatic heterocycles. The van der Waals surface area contributed by atoms with E-state index in [9.17, 15) is 0 Å². The molecule has 0 aromatic heterocycles. The smallest absolute Gasteiger partial charge is 0.125 e. The number of nitrogens with two attached hydrogens (primary N) is 1. The quantitative estimate of drug-likeness (QED) is 0.895. The van der Waals surface area contributed by atoms with Gasteiger partial charge in [-0.15, -0.1) is 0 Å². The first-order valence-electron chi connectivity index (χ1n) is 7.72. The van der Waals surface area contributed by atoms with Crippen LogP contribution in [0.2, 0.25) is 5.02 Å². The lowest BCUT2D eigenvalue weighted by molar-refractivity contribution is 0.142. The molecule has 3 heteroatoms. The maximum Gasteiger partial charge on any atom is 0.125 e. The molecule has 1 aromatic carbocycles.